The Balaban J connectivity index is 1.71. The average molecular weight is 340 g/mol. The second-order valence-corrected chi connectivity index (χ2v) is 5.93. The molecule has 1 saturated heterocycles. The average Bonchev–Trinajstić information content (AvgIpc) is 2.62. The van der Waals surface area contributed by atoms with Gasteiger partial charge in [-0.15, -0.1) is 0 Å². The number of hydrogen-bond acceptors (Lipinski definition) is 7. The smallest absolute Gasteiger partial charge is 0.270 e. The van der Waals surface area contributed by atoms with Gasteiger partial charge in [0.1, 0.15) is 11.6 Å². The summed E-state index contributed by atoms with van der Waals surface area (Å²) in [7, 11) is 0. The van der Waals surface area contributed by atoms with Gasteiger partial charge >= 0.3 is 0 Å². The minimum atomic E-state index is -0.427. The summed E-state index contributed by atoms with van der Waals surface area (Å²) in [6, 6.07) is 8.17. The van der Waals surface area contributed by atoms with Gasteiger partial charge in [-0.05, 0) is 26.2 Å². The van der Waals surface area contributed by atoms with Gasteiger partial charge in [0.15, 0.2) is 5.82 Å². The molecule has 8 heteroatoms. The SMILES string of the molecule is Cc1nc(NN=Cc2cccc([N+](=O)[O-])c2)cc(N2CCCCC2)n1. The summed E-state index contributed by atoms with van der Waals surface area (Å²) in [5, 5.41) is 14.9. The summed E-state index contributed by atoms with van der Waals surface area (Å²) < 4.78 is 0. The number of nitrogens with zero attached hydrogens (tertiary/aromatic N) is 5. The second kappa shape index (κ2) is 7.69. The molecule has 2 heterocycles. The molecule has 0 amide bonds. The van der Waals surface area contributed by atoms with E-state index >= 15 is 0 Å². The lowest BCUT2D eigenvalue weighted by Gasteiger charge is -2.27. The van der Waals surface area contributed by atoms with Gasteiger partial charge in [0, 0.05) is 36.9 Å². The maximum absolute atomic E-state index is 10.8. The van der Waals surface area contributed by atoms with Crippen molar-refractivity contribution in [3.63, 3.8) is 0 Å². The zero-order valence-electron chi connectivity index (χ0n) is 14.1. The molecule has 0 radical (unpaired) electrons. The minimum Gasteiger partial charge on any atom is -0.356 e. The van der Waals surface area contributed by atoms with Gasteiger partial charge in [0.05, 0.1) is 11.1 Å². The van der Waals surface area contributed by atoms with Gasteiger partial charge in [-0.3, -0.25) is 15.5 Å². The lowest BCUT2D eigenvalue weighted by molar-refractivity contribution is -0.384. The van der Waals surface area contributed by atoms with Crippen LogP contribution in [0.25, 0.3) is 0 Å². The Labute approximate surface area is 145 Å². The van der Waals surface area contributed by atoms with Crippen LogP contribution >= 0.6 is 0 Å². The van der Waals surface area contributed by atoms with Crippen LogP contribution in [0.15, 0.2) is 35.4 Å². The quantitative estimate of drug-likeness (QED) is 0.510. The number of aryl methyl sites for hydroxylation is 1. The molecule has 130 valence electrons. The van der Waals surface area contributed by atoms with E-state index in [9.17, 15) is 10.1 Å². The van der Waals surface area contributed by atoms with E-state index in [2.05, 4.69) is 25.4 Å². The van der Waals surface area contributed by atoms with Crippen LogP contribution in [0.4, 0.5) is 17.3 Å². The minimum absolute atomic E-state index is 0.0363. The molecule has 0 saturated carbocycles. The highest BCUT2D eigenvalue weighted by atomic mass is 16.6. The van der Waals surface area contributed by atoms with Crippen LogP contribution in [0.3, 0.4) is 0 Å². The molecule has 0 aliphatic carbocycles. The maximum atomic E-state index is 10.8. The van der Waals surface area contributed by atoms with Gasteiger partial charge < -0.3 is 4.90 Å². The van der Waals surface area contributed by atoms with E-state index < -0.39 is 4.92 Å². The predicted octanol–water partition coefficient (Wildman–Crippen LogP) is 3.13. The zero-order chi connectivity index (χ0) is 17.6. The Morgan fingerprint density at radius 1 is 1.24 bits per heavy atom. The third kappa shape index (κ3) is 4.50. The number of hydrazone groups is 1. The number of anilines is 2. The van der Waals surface area contributed by atoms with E-state index in [1.165, 1.54) is 37.6 Å². The summed E-state index contributed by atoms with van der Waals surface area (Å²) >= 11 is 0. The first-order chi connectivity index (χ1) is 12.1. The molecule has 1 aliphatic heterocycles. The van der Waals surface area contributed by atoms with Crippen molar-refractivity contribution in [3.05, 3.63) is 51.8 Å². The Hall–Kier alpha value is -3.03. The number of piperidine rings is 1. The zero-order valence-corrected chi connectivity index (χ0v) is 14.1. The highest BCUT2D eigenvalue weighted by Crippen LogP contribution is 2.20. The van der Waals surface area contributed by atoms with Gasteiger partial charge in [0.2, 0.25) is 0 Å². The normalized spacial score (nSPS) is 14.7. The van der Waals surface area contributed by atoms with Crippen LogP contribution in [-0.4, -0.2) is 34.2 Å². The predicted molar refractivity (Wildman–Crippen MR) is 97.1 cm³/mol. The van der Waals surface area contributed by atoms with Crippen molar-refractivity contribution in [1.29, 1.82) is 0 Å². The lowest BCUT2D eigenvalue weighted by Crippen LogP contribution is -2.30. The summed E-state index contributed by atoms with van der Waals surface area (Å²) in [5.74, 6) is 2.19. The van der Waals surface area contributed by atoms with Crippen LogP contribution in [-0.2, 0) is 0 Å². The summed E-state index contributed by atoms with van der Waals surface area (Å²) in [5.41, 5.74) is 3.56. The van der Waals surface area contributed by atoms with E-state index in [0.29, 0.717) is 17.2 Å². The molecule has 8 nitrogen and oxygen atoms in total. The molecule has 2 aromatic rings. The molecule has 1 fully saturated rings. The first-order valence-corrected chi connectivity index (χ1v) is 8.26. The van der Waals surface area contributed by atoms with E-state index in [0.717, 1.165) is 18.9 Å². The fraction of sp³-hybridized carbons (Fsp3) is 0.353. The van der Waals surface area contributed by atoms with Gasteiger partial charge in [-0.1, -0.05) is 12.1 Å². The van der Waals surface area contributed by atoms with Gasteiger partial charge in [0.25, 0.3) is 5.69 Å². The van der Waals surface area contributed by atoms with Crippen molar-refractivity contribution in [3.8, 4) is 0 Å². The number of nitro benzene ring substituents is 1. The molecular weight excluding hydrogens is 320 g/mol. The fourth-order valence-electron chi connectivity index (χ4n) is 2.79. The van der Waals surface area contributed by atoms with E-state index in [-0.39, 0.29) is 5.69 Å². The molecular formula is C17H20N6O2. The lowest BCUT2D eigenvalue weighted by atomic mass is 10.1. The number of nitro groups is 1. The van der Waals surface area contributed by atoms with Gasteiger partial charge in [-0.2, -0.15) is 5.10 Å². The molecule has 0 unspecified atom stereocenters. The Morgan fingerprint density at radius 2 is 2.04 bits per heavy atom. The molecule has 1 aliphatic rings. The van der Waals surface area contributed by atoms with Crippen molar-refractivity contribution < 1.29 is 4.92 Å². The van der Waals surface area contributed by atoms with Crippen molar-refractivity contribution in [2.45, 2.75) is 26.2 Å². The fourth-order valence-corrected chi connectivity index (χ4v) is 2.79. The molecule has 25 heavy (non-hydrogen) atoms. The summed E-state index contributed by atoms with van der Waals surface area (Å²) in [6.07, 6.45) is 5.15. The molecule has 1 N–H and O–H groups in total. The summed E-state index contributed by atoms with van der Waals surface area (Å²) in [4.78, 5) is 21.5. The van der Waals surface area contributed by atoms with Crippen LogP contribution in [0.5, 0.6) is 0 Å². The highest BCUT2D eigenvalue weighted by molar-refractivity contribution is 5.81. The number of benzene rings is 1. The standard InChI is InChI=1S/C17H20N6O2/c1-13-19-16(11-17(20-13)22-8-3-2-4-9-22)21-18-12-14-6-5-7-15(10-14)23(24)25/h5-7,10-12H,2-4,8-9H2,1H3,(H,19,20,21). The van der Waals surface area contributed by atoms with Crippen LogP contribution in [0.1, 0.15) is 30.7 Å². The van der Waals surface area contributed by atoms with E-state index in [1.807, 2.05) is 13.0 Å². The topological polar surface area (TPSA) is 96.5 Å². The number of rotatable bonds is 5. The molecule has 0 bridgehead atoms. The third-order valence-corrected chi connectivity index (χ3v) is 3.98. The van der Waals surface area contributed by atoms with Crippen LogP contribution < -0.4 is 10.3 Å². The number of non-ortho nitro benzene ring substituents is 1. The Morgan fingerprint density at radius 3 is 2.80 bits per heavy atom. The molecule has 3 rings (SSSR count). The third-order valence-electron chi connectivity index (χ3n) is 3.98. The first kappa shape index (κ1) is 16.8. The molecule has 0 atom stereocenters. The van der Waals surface area contributed by atoms with E-state index in [1.54, 1.807) is 12.1 Å². The number of hydrogen-bond donors (Lipinski definition) is 1. The van der Waals surface area contributed by atoms with Gasteiger partial charge in [-0.25, -0.2) is 9.97 Å². The monoisotopic (exact) mass is 340 g/mol. The molecule has 0 spiro atoms. The Bertz CT molecular complexity index is 786. The van der Waals surface area contributed by atoms with Crippen molar-refractivity contribution in [1.82, 2.24) is 9.97 Å². The molecule has 1 aromatic carbocycles. The van der Waals surface area contributed by atoms with Crippen molar-refractivity contribution >= 4 is 23.5 Å². The first-order valence-electron chi connectivity index (χ1n) is 8.26. The van der Waals surface area contributed by atoms with Crippen molar-refractivity contribution in [2.24, 2.45) is 5.10 Å². The summed E-state index contributed by atoms with van der Waals surface area (Å²) in [6.45, 7) is 3.86. The van der Waals surface area contributed by atoms with E-state index in [4.69, 9.17) is 0 Å². The van der Waals surface area contributed by atoms with Crippen LogP contribution in [0, 0.1) is 17.0 Å². The number of aromatic nitrogens is 2. The van der Waals surface area contributed by atoms with Crippen molar-refractivity contribution in [2.75, 3.05) is 23.4 Å². The second-order valence-electron chi connectivity index (χ2n) is 5.93. The highest BCUT2D eigenvalue weighted by Gasteiger charge is 2.13. The largest absolute Gasteiger partial charge is 0.356 e. The molecule has 1 aromatic heterocycles. The number of nitrogens with one attached hydrogen (secondary N) is 1. The van der Waals surface area contributed by atoms with Crippen LogP contribution in [0.2, 0.25) is 0 Å². The Kier molecular flexibility index (Phi) is 5.17. The maximum Gasteiger partial charge on any atom is 0.270 e.